The summed E-state index contributed by atoms with van der Waals surface area (Å²) in [5, 5.41) is 33.4. The molecule has 1 fully saturated rings. The number of imidazole rings is 1. The molecule has 3 aromatic rings. The van der Waals surface area contributed by atoms with Crippen molar-refractivity contribution in [1.82, 2.24) is 19.5 Å². The number of nitrogens with zero attached hydrogens (tertiary/aromatic N) is 4. The van der Waals surface area contributed by atoms with Crippen LogP contribution in [0.1, 0.15) is 13.2 Å². The van der Waals surface area contributed by atoms with Crippen molar-refractivity contribution >= 4 is 28.6 Å². The van der Waals surface area contributed by atoms with E-state index in [1.165, 1.54) is 17.8 Å². The Bertz CT molecular complexity index is 961. The first kappa shape index (κ1) is 17.6. The van der Waals surface area contributed by atoms with Gasteiger partial charge in [-0.05, 0) is 19.1 Å². The van der Waals surface area contributed by atoms with Crippen LogP contribution in [-0.2, 0) is 4.74 Å². The minimum absolute atomic E-state index is 0.0135. The van der Waals surface area contributed by atoms with Gasteiger partial charge in [0, 0.05) is 5.69 Å². The molecule has 10 heteroatoms. The lowest BCUT2D eigenvalue weighted by atomic mass is 9.96. The van der Waals surface area contributed by atoms with Crippen molar-refractivity contribution < 1.29 is 20.1 Å². The molecule has 0 unspecified atom stereocenters. The van der Waals surface area contributed by atoms with Crippen molar-refractivity contribution in [3.05, 3.63) is 36.7 Å². The van der Waals surface area contributed by atoms with Gasteiger partial charge in [0.1, 0.15) is 17.8 Å². The normalized spacial score (nSPS) is 27.9. The van der Waals surface area contributed by atoms with E-state index in [0.717, 1.165) is 5.69 Å². The van der Waals surface area contributed by atoms with E-state index in [-0.39, 0.29) is 5.95 Å². The average molecular weight is 372 g/mol. The molecular formula is C17H20N6O4. The smallest absolute Gasteiger partial charge is 0.224 e. The highest BCUT2D eigenvalue weighted by Gasteiger charge is 2.53. The molecule has 1 aliphatic heterocycles. The minimum Gasteiger partial charge on any atom is -0.394 e. The molecule has 0 bridgehead atoms. The maximum Gasteiger partial charge on any atom is 0.224 e. The zero-order valence-corrected chi connectivity index (χ0v) is 14.5. The van der Waals surface area contributed by atoms with Gasteiger partial charge in [-0.3, -0.25) is 4.57 Å². The highest BCUT2D eigenvalue weighted by atomic mass is 16.6. The molecule has 0 spiro atoms. The van der Waals surface area contributed by atoms with Crippen LogP contribution in [0.25, 0.3) is 11.2 Å². The van der Waals surface area contributed by atoms with Gasteiger partial charge in [-0.2, -0.15) is 9.97 Å². The number of hydrogen-bond acceptors (Lipinski definition) is 9. The van der Waals surface area contributed by atoms with Crippen molar-refractivity contribution in [2.45, 2.75) is 31.0 Å². The molecule has 2 aromatic heterocycles. The quantitative estimate of drug-likeness (QED) is 0.431. The van der Waals surface area contributed by atoms with Crippen LogP contribution in [0.15, 0.2) is 36.7 Å². The van der Waals surface area contributed by atoms with Gasteiger partial charge in [-0.1, -0.05) is 18.2 Å². The first-order valence-corrected chi connectivity index (χ1v) is 8.40. The average Bonchev–Trinajstić information content (AvgIpc) is 3.15. The molecule has 1 saturated heterocycles. The lowest BCUT2D eigenvalue weighted by molar-refractivity contribution is -0.0950. The first-order valence-electron chi connectivity index (χ1n) is 8.40. The third kappa shape index (κ3) is 2.88. The number of aliphatic hydroxyl groups is 3. The lowest BCUT2D eigenvalue weighted by Gasteiger charge is -2.27. The number of nitrogens with two attached hydrogens (primary N) is 1. The predicted octanol–water partition coefficient (Wildman–Crippen LogP) is 0.154. The molecule has 0 amide bonds. The van der Waals surface area contributed by atoms with Gasteiger partial charge in [-0.25, -0.2) is 4.98 Å². The molecule has 6 N–H and O–H groups in total. The van der Waals surface area contributed by atoms with Crippen molar-refractivity contribution in [2.75, 3.05) is 17.7 Å². The summed E-state index contributed by atoms with van der Waals surface area (Å²) in [6.07, 6.45) is -1.77. The molecule has 0 radical (unpaired) electrons. The zero-order valence-electron chi connectivity index (χ0n) is 14.5. The lowest BCUT2D eigenvalue weighted by Crippen LogP contribution is -2.44. The fraction of sp³-hybridized carbons (Fsp3) is 0.353. The number of anilines is 3. The third-order valence-electron chi connectivity index (χ3n) is 4.66. The van der Waals surface area contributed by atoms with Crippen molar-refractivity contribution in [3.63, 3.8) is 0 Å². The SMILES string of the molecule is C[C@@]1(O)[C@H](O)[C@@H](CO)O[C@H]1n1cnc2c(Nc3ccccc3)nc(N)nc21. The van der Waals surface area contributed by atoms with E-state index in [1.54, 1.807) is 0 Å². The van der Waals surface area contributed by atoms with E-state index in [1.807, 2.05) is 30.3 Å². The number of fused-ring (bicyclic) bond motifs is 1. The number of nitrogen functional groups attached to an aromatic ring is 1. The van der Waals surface area contributed by atoms with Crippen molar-refractivity contribution in [3.8, 4) is 0 Å². The Balaban J connectivity index is 1.78. The van der Waals surface area contributed by atoms with Gasteiger partial charge in [0.2, 0.25) is 5.95 Å². The van der Waals surface area contributed by atoms with Crippen LogP contribution >= 0.6 is 0 Å². The van der Waals surface area contributed by atoms with Crippen molar-refractivity contribution in [1.29, 1.82) is 0 Å². The Morgan fingerprint density at radius 1 is 1.30 bits per heavy atom. The fourth-order valence-corrected chi connectivity index (χ4v) is 3.24. The van der Waals surface area contributed by atoms with Crippen LogP contribution in [0.2, 0.25) is 0 Å². The first-order chi connectivity index (χ1) is 12.9. The molecule has 10 nitrogen and oxygen atoms in total. The minimum atomic E-state index is -1.66. The number of aromatic nitrogens is 4. The summed E-state index contributed by atoms with van der Waals surface area (Å²) in [7, 11) is 0. The van der Waals surface area contributed by atoms with Crippen LogP contribution in [-0.4, -0.2) is 59.3 Å². The van der Waals surface area contributed by atoms with Crippen molar-refractivity contribution in [2.24, 2.45) is 0 Å². The Labute approximate surface area is 154 Å². The van der Waals surface area contributed by atoms with E-state index in [2.05, 4.69) is 20.3 Å². The summed E-state index contributed by atoms with van der Waals surface area (Å²) in [4.78, 5) is 12.7. The number of ether oxygens (including phenoxy) is 1. The second-order valence-corrected chi connectivity index (χ2v) is 6.63. The van der Waals surface area contributed by atoms with Gasteiger partial charge in [-0.15, -0.1) is 0 Å². The Morgan fingerprint density at radius 3 is 2.70 bits per heavy atom. The summed E-state index contributed by atoms with van der Waals surface area (Å²) in [6.45, 7) is 0.996. The number of para-hydroxylation sites is 1. The summed E-state index contributed by atoms with van der Waals surface area (Å²) < 4.78 is 7.11. The van der Waals surface area contributed by atoms with E-state index >= 15 is 0 Å². The maximum absolute atomic E-state index is 10.7. The molecule has 1 aliphatic rings. The summed E-state index contributed by atoms with van der Waals surface area (Å²) in [5.74, 6) is 0.416. The van der Waals surface area contributed by atoms with Crippen LogP contribution in [0.3, 0.4) is 0 Å². The topological polar surface area (TPSA) is 152 Å². The van der Waals surface area contributed by atoms with E-state index < -0.39 is 30.6 Å². The van der Waals surface area contributed by atoms with Gasteiger partial charge < -0.3 is 31.1 Å². The molecule has 142 valence electrons. The molecule has 27 heavy (non-hydrogen) atoms. The molecular weight excluding hydrogens is 352 g/mol. The maximum atomic E-state index is 10.7. The molecule has 3 heterocycles. The monoisotopic (exact) mass is 372 g/mol. The van der Waals surface area contributed by atoms with Crippen LogP contribution < -0.4 is 11.1 Å². The third-order valence-corrected chi connectivity index (χ3v) is 4.66. The Hall–Kier alpha value is -2.79. The largest absolute Gasteiger partial charge is 0.394 e. The second-order valence-electron chi connectivity index (χ2n) is 6.63. The van der Waals surface area contributed by atoms with Gasteiger partial charge in [0.05, 0.1) is 12.9 Å². The van der Waals surface area contributed by atoms with E-state index in [4.69, 9.17) is 10.5 Å². The fourth-order valence-electron chi connectivity index (χ4n) is 3.24. The van der Waals surface area contributed by atoms with Crippen LogP contribution in [0.5, 0.6) is 0 Å². The van der Waals surface area contributed by atoms with Gasteiger partial charge in [0.25, 0.3) is 0 Å². The molecule has 0 aliphatic carbocycles. The summed E-state index contributed by atoms with van der Waals surface area (Å²) >= 11 is 0. The standard InChI is InChI=1S/C17H20N6O4/c1-17(26)12(25)10(7-24)27-15(17)23-8-19-11-13(21-16(18)22-14(11)23)20-9-5-3-2-4-6-9/h2-6,8,10,12,15,24-26H,7H2,1H3,(H3,18,20,21,22)/t10-,12-,15-,17-/m1/s1. The summed E-state index contributed by atoms with van der Waals surface area (Å²) in [5.41, 5.74) is 5.75. The number of benzene rings is 1. The molecule has 0 saturated carbocycles. The highest BCUT2D eigenvalue weighted by molar-refractivity contribution is 5.86. The Kier molecular flexibility index (Phi) is 4.19. The number of rotatable bonds is 4. The Morgan fingerprint density at radius 2 is 2.04 bits per heavy atom. The second kappa shape index (κ2) is 6.43. The predicted molar refractivity (Wildman–Crippen MR) is 97.1 cm³/mol. The van der Waals surface area contributed by atoms with Gasteiger partial charge in [0.15, 0.2) is 23.2 Å². The molecule has 4 atom stereocenters. The molecule has 4 rings (SSSR count). The zero-order chi connectivity index (χ0) is 19.2. The van der Waals surface area contributed by atoms with Gasteiger partial charge >= 0.3 is 0 Å². The van der Waals surface area contributed by atoms with E-state index in [9.17, 15) is 15.3 Å². The van der Waals surface area contributed by atoms with Crippen LogP contribution in [0.4, 0.5) is 17.5 Å². The molecule has 1 aromatic carbocycles. The number of hydrogen-bond donors (Lipinski definition) is 5. The summed E-state index contributed by atoms with van der Waals surface area (Å²) in [6, 6.07) is 9.39. The van der Waals surface area contributed by atoms with E-state index in [0.29, 0.717) is 17.0 Å². The number of aliphatic hydroxyl groups excluding tert-OH is 2. The highest BCUT2D eigenvalue weighted by Crippen LogP contribution is 2.39. The van der Waals surface area contributed by atoms with Crippen LogP contribution in [0, 0.1) is 0 Å². The number of nitrogens with one attached hydrogen (secondary N) is 1.